The highest BCUT2D eigenvalue weighted by Gasteiger charge is 2.35. The lowest BCUT2D eigenvalue weighted by Crippen LogP contribution is -2.29. The molecule has 0 unspecified atom stereocenters. The molecule has 136 valence electrons. The van der Waals surface area contributed by atoms with E-state index in [-0.39, 0.29) is 0 Å². The summed E-state index contributed by atoms with van der Waals surface area (Å²) in [6.45, 7) is 2.02. The molecule has 0 saturated carbocycles. The summed E-state index contributed by atoms with van der Waals surface area (Å²) in [4.78, 5) is 2.27. The summed E-state index contributed by atoms with van der Waals surface area (Å²) in [5.41, 5.74) is 0. The third kappa shape index (κ3) is 3.24. The molecular formula is C23H25N3P+. The van der Waals surface area contributed by atoms with Gasteiger partial charge in [-0.3, -0.25) is 9.48 Å². The smallest absolute Gasteiger partial charge is 0.261 e. The zero-order valence-electron chi connectivity index (χ0n) is 15.9. The first-order valence-corrected chi connectivity index (χ1v) is 11.0. The maximum absolute atomic E-state index is 5.56. The number of nitrogens with zero attached hydrogens (tertiary/aromatic N) is 3. The van der Waals surface area contributed by atoms with Gasteiger partial charge in [-0.05, 0) is 0 Å². The Bertz CT molecular complexity index is 892. The van der Waals surface area contributed by atoms with Gasteiger partial charge in [0.25, 0.3) is 0 Å². The molecule has 1 aliphatic rings. The van der Waals surface area contributed by atoms with Crippen LogP contribution in [0, 0.1) is 0 Å². The first-order valence-electron chi connectivity index (χ1n) is 9.30. The minimum atomic E-state index is -2.17. The molecule has 4 heteroatoms. The molecule has 0 aliphatic carbocycles. The van der Waals surface area contributed by atoms with Gasteiger partial charge in [0.15, 0.2) is 0 Å². The number of benzene rings is 3. The maximum atomic E-state index is 5.56. The zero-order valence-corrected chi connectivity index (χ0v) is 16.8. The van der Waals surface area contributed by atoms with Crippen LogP contribution in [0.15, 0.2) is 95.7 Å². The van der Waals surface area contributed by atoms with Gasteiger partial charge in [0.2, 0.25) is 0 Å². The van der Waals surface area contributed by atoms with E-state index in [0.717, 1.165) is 19.0 Å². The third-order valence-corrected chi connectivity index (χ3v) is 8.70. The monoisotopic (exact) mass is 374 g/mol. The van der Waals surface area contributed by atoms with Gasteiger partial charge < -0.3 is 0 Å². The zero-order chi connectivity index (χ0) is 18.7. The Morgan fingerprint density at radius 2 is 1.15 bits per heavy atom. The average molecular weight is 374 g/mol. The van der Waals surface area contributed by atoms with Gasteiger partial charge in [-0.15, -0.1) is 0 Å². The first kappa shape index (κ1) is 17.8. The molecule has 27 heavy (non-hydrogen) atoms. The van der Waals surface area contributed by atoms with Crippen molar-refractivity contribution in [2.24, 2.45) is 4.74 Å². The maximum Gasteiger partial charge on any atom is 0.387 e. The predicted molar refractivity (Wildman–Crippen MR) is 116 cm³/mol. The predicted octanol–water partition coefficient (Wildman–Crippen LogP) is 3.11. The molecule has 0 fully saturated rings. The topological polar surface area (TPSA) is 18.6 Å². The van der Waals surface area contributed by atoms with Gasteiger partial charge >= 0.3 is 5.96 Å². The lowest BCUT2D eigenvalue weighted by Gasteiger charge is -2.23. The van der Waals surface area contributed by atoms with Crippen LogP contribution < -0.4 is 15.9 Å². The standard InChI is InChI=1S/C23H25N3P/c1-25-18-19-26(2)23(25)24-27(20-12-6-3-7-13-20,21-14-8-4-9-15-21)22-16-10-5-11-17-22/h3-17H,18-19H2,1-2H3/q+1. The van der Waals surface area contributed by atoms with Gasteiger partial charge in [0.05, 0.1) is 27.2 Å². The second kappa shape index (κ2) is 7.54. The number of guanidine groups is 1. The fraction of sp³-hybridized carbons (Fsp3) is 0.174. The Morgan fingerprint density at radius 3 is 1.48 bits per heavy atom. The number of likely N-dealkylation sites (N-methyl/N-ethyl adjacent to an activating group) is 2. The molecule has 0 spiro atoms. The van der Waals surface area contributed by atoms with Gasteiger partial charge in [0.1, 0.15) is 7.05 Å². The SMILES string of the molecule is CN1CC[N+](C)=C1N=P(c1ccccc1)(c1ccccc1)c1ccccc1. The molecule has 0 atom stereocenters. The molecule has 0 N–H and O–H groups in total. The molecule has 3 aromatic rings. The molecule has 4 rings (SSSR count). The molecule has 0 aromatic heterocycles. The Kier molecular flexibility index (Phi) is 4.96. The van der Waals surface area contributed by atoms with Crippen molar-refractivity contribution in [2.75, 3.05) is 27.2 Å². The van der Waals surface area contributed by atoms with Crippen LogP contribution in [0.5, 0.6) is 0 Å². The molecule has 0 radical (unpaired) electrons. The van der Waals surface area contributed by atoms with Crippen molar-refractivity contribution >= 4 is 28.9 Å². The van der Waals surface area contributed by atoms with E-state index in [1.807, 2.05) is 0 Å². The van der Waals surface area contributed by atoms with Crippen molar-refractivity contribution in [3.8, 4) is 0 Å². The fourth-order valence-electron chi connectivity index (χ4n) is 3.63. The Hall–Kier alpha value is -2.64. The second-order valence-corrected chi connectivity index (χ2v) is 9.91. The van der Waals surface area contributed by atoms with Gasteiger partial charge in [0, 0.05) is 15.9 Å². The summed E-state index contributed by atoms with van der Waals surface area (Å²) in [6, 6.07) is 32.3. The minimum Gasteiger partial charge on any atom is -0.261 e. The number of hydrogen-bond donors (Lipinski definition) is 0. The first-order chi connectivity index (χ1) is 13.2. The van der Waals surface area contributed by atoms with E-state index in [1.54, 1.807) is 0 Å². The van der Waals surface area contributed by atoms with Crippen molar-refractivity contribution < 1.29 is 4.58 Å². The van der Waals surface area contributed by atoms with Gasteiger partial charge in [-0.2, -0.15) is 0 Å². The largest absolute Gasteiger partial charge is 0.387 e. The molecule has 3 aromatic carbocycles. The van der Waals surface area contributed by atoms with E-state index in [0.29, 0.717) is 0 Å². The normalized spacial score (nSPS) is 14.5. The van der Waals surface area contributed by atoms with Crippen LogP contribution >= 0.6 is 7.05 Å². The fourth-order valence-corrected chi connectivity index (χ4v) is 7.26. The van der Waals surface area contributed by atoms with Crippen LogP contribution in [0.4, 0.5) is 0 Å². The van der Waals surface area contributed by atoms with Crippen LogP contribution in [0.3, 0.4) is 0 Å². The average Bonchev–Trinajstić information content (AvgIpc) is 3.05. The summed E-state index contributed by atoms with van der Waals surface area (Å²) in [5.74, 6) is 1.07. The van der Waals surface area contributed by atoms with Crippen molar-refractivity contribution in [2.45, 2.75) is 0 Å². The van der Waals surface area contributed by atoms with E-state index in [9.17, 15) is 0 Å². The lowest BCUT2D eigenvalue weighted by atomic mass is 10.4. The molecule has 0 amide bonds. The molecule has 3 nitrogen and oxygen atoms in total. The quantitative estimate of drug-likeness (QED) is 0.509. The summed E-state index contributed by atoms with van der Waals surface area (Å²) in [7, 11) is 2.10. The number of rotatable bonds is 3. The summed E-state index contributed by atoms with van der Waals surface area (Å²) >= 11 is 0. The van der Waals surface area contributed by atoms with E-state index in [1.165, 1.54) is 15.9 Å². The van der Waals surface area contributed by atoms with E-state index < -0.39 is 7.05 Å². The van der Waals surface area contributed by atoms with E-state index in [2.05, 4.69) is 115 Å². The second-order valence-electron chi connectivity index (χ2n) is 6.89. The van der Waals surface area contributed by atoms with Crippen molar-refractivity contribution in [3.05, 3.63) is 91.0 Å². The summed E-state index contributed by atoms with van der Waals surface area (Å²) < 4.78 is 7.83. The van der Waals surface area contributed by atoms with Crippen LogP contribution in [0.2, 0.25) is 0 Å². The van der Waals surface area contributed by atoms with E-state index >= 15 is 0 Å². The highest BCUT2D eigenvalue weighted by molar-refractivity contribution is 7.87. The third-order valence-electron chi connectivity index (χ3n) is 5.08. The highest BCUT2D eigenvalue weighted by atomic mass is 31.2. The van der Waals surface area contributed by atoms with Crippen molar-refractivity contribution in [1.29, 1.82) is 0 Å². The van der Waals surface area contributed by atoms with Crippen molar-refractivity contribution in [3.63, 3.8) is 0 Å². The lowest BCUT2D eigenvalue weighted by molar-refractivity contribution is -0.487. The Labute approximate surface area is 161 Å². The molecule has 1 aliphatic heterocycles. The number of hydrogen-bond acceptors (Lipinski definition) is 2. The Morgan fingerprint density at radius 1 is 0.741 bits per heavy atom. The molecule has 0 saturated heterocycles. The molecule has 1 heterocycles. The van der Waals surface area contributed by atoms with Gasteiger partial charge in [-0.25, -0.2) is 0 Å². The van der Waals surface area contributed by atoms with E-state index in [4.69, 9.17) is 4.74 Å². The Balaban J connectivity index is 2.12. The van der Waals surface area contributed by atoms with Crippen molar-refractivity contribution in [1.82, 2.24) is 4.90 Å². The minimum absolute atomic E-state index is 1.01. The van der Waals surface area contributed by atoms with Crippen LogP contribution in [0.25, 0.3) is 0 Å². The van der Waals surface area contributed by atoms with Crippen LogP contribution in [0.1, 0.15) is 0 Å². The van der Waals surface area contributed by atoms with Crippen LogP contribution in [-0.4, -0.2) is 42.6 Å². The molecule has 0 bridgehead atoms. The highest BCUT2D eigenvalue weighted by Crippen LogP contribution is 2.46. The summed E-state index contributed by atoms with van der Waals surface area (Å²) in [5, 5.41) is 3.84. The van der Waals surface area contributed by atoms with Gasteiger partial charge in [-0.1, -0.05) is 95.7 Å². The summed E-state index contributed by atoms with van der Waals surface area (Å²) in [6.07, 6.45) is 0. The molecular weight excluding hydrogens is 349 g/mol. The van der Waals surface area contributed by atoms with Crippen LogP contribution in [-0.2, 0) is 0 Å².